The first-order valence-electron chi connectivity index (χ1n) is 4.92. The van der Waals surface area contributed by atoms with E-state index < -0.39 is 30.9 Å². The van der Waals surface area contributed by atoms with Crippen LogP contribution in [-0.4, -0.2) is 27.8 Å². The maximum atomic E-state index is 11.8. The first-order valence-corrected chi connectivity index (χ1v) is 4.92. The molecule has 1 N–H and O–H groups in total. The van der Waals surface area contributed by atoms with Crippen LogP contribution in [0.2, 0.25) is 0 Å². The third-order valence-corrected chi connectivity index (χ3v) is 2.06. The summed E-state index contributed by atoms with van der Waals surface area (Å²) in [6.07, 6.45) is -1.62. The van der Waals surface area contributed by atoms with Crippen molar-refractivity contribution >= 4 is 5.91 Å². The number of nitrogens with one attached hydrogen (secondary N) is 1. The van der Waals surface area contributed by atoms with Crippen LogP contribution in [0.15, 0.2) is 17.2 Å². The van der Waals surface area contributed by atoms with E-state index in [1.165, 1.54) is 17.0 Å². The van der Waals surface area contributed by atoms with Gasteiger partial charge < -0.3 is 5.32 Å². The van der Waals surface area contributed by atoms with Crippen LogP contribution in [0.4, 0.5) is 13.2 Å². The number of carbonyl (C=O) groups excluding carboxylic acids is 1. The molecule has 0 aliphatic rings. The topological polar surface area (TPSA) is 56.0 Å². The summed E-state index contributed by atoms with van der Waals surface area (Å²) in [5.41, 5.74) is -0.422. The van der Waals surface area contributed by atoms with Crippen LogP contribution in [0.3, 0.4) is 0 Å². The van der Waals surface area contributed by atoms with Gasteiger partial charge in [-0.1, -0.05) is 0 Å². The number of aryl methyl sites for hydroxylation is 1. The molecule has 1 aromatic heterocycles. The second kappa shape index (κ2) is 5.07. The Labute approximate surface area is 94.8 Å². The van der Waals surface area contributed by atoms with E-state index in [-0.39, 0.29) is 0 Å². The lowest BCUT2D eigenvalue weighted by Crippen LogP contribution is -2.37. The van der Waals surface area contributed by atoms with E-state index in [1.54, 1.807) is 12.2 Å². The van der Waals surface area contributed by atoms with E-state index in [0.717, 1.165) is 4.57 Å². The standard InChI is InChI=1S/C9H12F3N3O2/c1-2-14-3-4-15(8(14)17)5-7(16)13-6-9(10,11)12/h3-4H,2,5-6H2,1H3,(H,13,16). The van der Waals surface area contributed by atoms with Crippen LogP contribution in [0.5, 0.6) is 0 Å². The number of amides is 1. The minimum absolute atomic E-state index is 0.415. The van der Waals surface area contributed by atoms with Crippen LogP contribution in [0.25, 0.3) is 0 Å². The van der Waals surface area contributed by atoms with Crippen LogP contribution in [-0.2, 0) is 17.9 Å². The Morgan fingerprint density at radius 3 is 2.41 bits per heavy atom. The summed E-state index contributed by atoms with van der Waals surface area (Å²) in [6, 6.07) is 0. The Kier molecular flexibility index (Phi) is 3.97. The Hall–Kier alpha value is -1.73. The molecule has 0 fully saturated rings. The van der Waals surface area contributed by atoms with E-state index in [4.69, 9.17) is 0 Å². The summed E-state index contributed by atoms with van der Waals surface area (Å²) in [4.78, 5) is 22.6. The predicted molar refractivity (Wildman–Crippen MR) is 53.4 cm³/mol. The number of aromatic nitrogens is 2. The Balaban J connectivity index is 2.57. The number of hydrogen-bond donors (Lipinski definition) is 1. The molecule has 0 radical (unpaired) electrons. The van der Waals surface area contributed by atoms with Crippen molar-refractivity contribution in [2.45, 2.75) is 26.2 Å². The van der Waals surface area contributed by atoms with Gasteiger partial charge in [0.2, 0.25) is 5.91 Å². The Morgan fingerprint density at radius 2 is 1.94 bits per heavy atom. The van der Waals surface area contributed by atoms with Gasteiger partial charge in [-0.3, -0.25) is 13.9 Å². The zero-order valence-corrected chi connectivity index (χ0v) is 9.12. The van der Waals surface area contributed by atoms with Crippen molar-refractivity contribution in [3.63, 3.8) is 0 Å². The largest absolute Gasteiger partial charge is 0.405 e. The zero-order chi connectivity index (χ0) is 13.1. The highest BCUT2D eigenvalue weighted by molar-refractivity contribution is 5.75. The van der Waals surface area contributed by atoms with E-state index in [2.05, 4.69) is 0 Å². The number of carbonyl (C=O) groups is 1. The van der Waals surface area contributed by atoms with Crippen molar-refractivity contribution in [3.8, 4) is 0 Å². The summed E-state index contributed by atoms with van der Waals surface area (Å²) in [7, 11) is 0. The van der Waals surface area contributed by atoms with E-state index in [9.17, 15) is 22.8 Å². The van der Waals surface area contributed by atoms with Crippen LogP contribution >= 0.6 is 0 Å². The lowest BCUT2D eigenvalue weighted by molar-refractivity contribution is -0.138. The summed E-state index contributed by atoms with van der Waals surface area (Å²) >= 11 is 0. The Morgan fingerprint density at radius 1 is 1.35 bits per heavy atom. The average molecular weight is 251 g/mol. The summed E-state index contributed by atoms with van der Waals surface area (Å²) in [5, 5.41) is 1.69. The highest BCUT2D eigenvalue weighted by Crippen LogP contribution is 2.11. The van der Waals surface area contributed by atoms with Crippen molar-refractivity contribution in [1.29, 1.82) is 0 Å². The molecule has 0 atom stereocenters. The number of alkyl halides is 3. The van der Waals surface area contributed by atoms with Crippen LogP contribution in [0, 0.1) is 0 Å². The van der Waals surface area contributed by atoms with E-state index in [1.807, 2.05) is 0 Å². The summed E-state index contributed by atoms with van der Waals surface area (Å²) < 4.78 is 37.8. The summed E-state index contributed by atoms with van der Waals surface area (Å²) in [5.74, 6) is -0.849. The fourth-order valence-corrected chi connectivity index (χ4v) is 1.22. The molecule has 5 nitrogen and oxygen atoms in total. The maximum absolute atomic E-state index is 11.8. The van der Waals surface area contributed by atoms with Gasteiger partial charge in [0.1, 0.15) is 13.1 Å². The van der Waals surface area contributed by atoms with Gasteiger partial charge in [-0.15, -0.1) is 0 Å². The van der Waals surface area contributed by atoms with Crippen molar-refractivity contribution < 1.29 is 18.0 Å². The molecule has 0 aromatic carbocycles. The molecule has 1 aromatic rings. The zero-order valence-electron chi connectivity index (χ0n) is 9.12. The molecule has 0 spiro atoms. The smallest absolute Gasteiger partial charge is 0.345 e. The molecular weight excluding hydrogens is 239 g/mol. The second-order valence-corrected chi connectivity index (χ2v) is 3.39. The molecule has 0 saturated carbocycles. The van der Waals surface area contributed by atoms with Gasteiger partial charge in [0, 0.05) is 18.9 Å². The predicted octanol–water partition coefficient (Wildman–Crippen LogP) is 0.348. The van der Waals surface area contributed by atoms with Gasteiger partial charge in [-0.25, -0.2) is 4.79 Å². The van der Waals surface area contributed by atoms with Gasteiger partial charge in [0.15, 0.2) is 0 Å². The first kappa shape index (κ1) is 13.3. The van der Waals surface area contributed by atoms with Crippen molar-refractivity contribution in [3.05, 3.63) is 22.9 Å². The molecule has 0 aliphatic heterocycles. The SMILES string of the molecule is CCn1ccn(CC(=O)NCC(F)(F)F)c1=O. The minimum Gasteiger partial charge on any atom is -0.345 e. The molecule has 0 aliphatic carbocycles. The van der Waals surface area contributed by atoms with Crippen molar-refractivity contribution in [2.75, 3.05) is 6.54 Å². The van der Waals surface area contributed by atoms with Gasteiger partial charge in [-0.2, -0.15) is 13.2 Å². The highest BCUT2D eigenvalue weighted by Gasteiger charge is 2.27. The van der Waals surface area contributed by atoms with E-state index in [0.29, 0.717) is 6.54 Å². The lowest BCUT2D eigenvalue weighted by atomic mass is 10.5. The lowest BCUT2D eigenvalue weighted by Gasteiger charge is -2.08. The van der Waals surface area contributed by atoms with Crippen molar-refractivity contribution in [1.82, 2.24) is 14.5 Å². The maximum Gasteiger partial charge on any atom is 0.405 e. The monoisotopic (exact) mass is 251 g/mol. The third kappa shape index (κ3) is 3.97. The third-order valence-electron chi connectivity index (χ3n) is 2.06. The summed E-state index contributed by atoms with van der Waals surface area (Å²) in [6.45, 7) is 0.377. The van der Waals surface area contributed by atoms with Crippen LogP contribution in [0.1, 0.15) is 6.92 Å². The quantitative estimate of drug-likeness (QED) is 0.839. The number of nitrogens with zero attached hydrogens (tertiary/aromatic N) is 2. The molecule has 17 heavy (non-hydrogen) atoms. The minimum atomic E-state index is -4.45. The number of halogens is 3. The average Bonchev–Trinajstić information content (AvgIpc) is 2.56. The molecule has 0 bridgehead atoms. The van der Waals surface area contributed by atoms with Crippen LogP contribution < -0.4 is 11.0 Å². The fraction of sp³-hybridized carbons (Fsp3) is 0.556. The molecule has 96 valence electrons. The van der Waals surface area contributed by atoms with Crippen molar-refractivity contribution in [2.24, 2.45) is 0 Å². The van der Waals surface area contributed by atoms with Gasteiger partial charge in [0.25, 0.3) is 0 Å². The molecule has 0 saturated heterocycles. The number of imidazole rings is 1. The number of hydrogen-bond acceptors (Lipinski definition) is 2. The Bertz CT molecular complexity index is 447. The van der Waals surface area contributed by atoms with E-state index >= 15 is 0 Å². The van der Waals surface area contributed by atoms with Gasteiger partial charge in [-0.05, 0) is 6.92 Å². The molecule has 0 unspecified atom stereocenters. The highest BCUT2D eigenvalue weighted by atomic mass is 19.4. The normalized spacial score (nSPS) is 11.5. The molecule has 1 heterocycles. The van der Waals surface area contributed by atoms with Gasteiger partial charge >= 0.3 is 11.9 Å². The number of rotatable bonds is 4. The first-order chi connectivity index (χ1) is 7.83. The molecule has 8 heteroatoms. The molecule has 1 amide bonds. The fourth-order valence-electron chi connectivity index (χ4n) is 1.22. The molecular formula is C9H12F3N3O2. The second-order valence-electron chi connectivity index (χ2n) is 3.39. The van der Waals surface area contributed by atoms with Gasteiger partial charge in [0.05, 0.1) is 0 Å². The molecule has 1 rings (SSSR count).